The van der Waals surface area contributed by atoms with Gasteiger partial charge in [0.2, 0.25) is 0 Å². The quantitative estimate of drug-likeness (QED) is 0.595. The Hall–Kier alpha value is -0.120. The third-order valence-electron chi connectivity index (χ3n) is 3.37. The number of hydrogen-bond donors (Lipinski definition) is 1. The lowest BCUT2D eigenvalue weighted by atomic mass is 10.2. The van der Waals surface area contributed by atoms with Crippen LogP contribution in [0.1, 0.15) is 46.0 Å². The molecule has 0 amide bonds. The summed E-state index contributed by atoms with van der Waals surface area (Å²) in [6.45, 7) is 11.0. The van der Waals surface area contributed by atoms with E-state index in [1.807, 2.05) is 0 Å². The van der Waals surface area contributed by atoms with Crippen LogP contribution in [0.3, 0.4) is 0 Å². The smallest absolute Gasteiger partial charge is 0.0593 e. The number of unbranched alkanes of at least 4 members (excludes halogenated alkanes) is 1. The summed E-state index contributed by atoms with van der Waals surface area (Å²) < 4.78 is 5.60. The van der Waals surface area contributed by atoms with Gasteiger partial charge in [-0.1, -0.05) is 20.3 Å². The molecule has 1 N–H and O–H groups in total. The molecular weight excluding hydrogens is 212 g/mol. The van der Waals surface area contributed by atoms with Gasteiger partial charge in [0.15, 0.2) is 0 Å². The van der Waals surface area contributed by atoms with Crippen LogP contribution in [0.4, 0.5) is 0 Å². The van der Waals surface area contributed by atoms with E-state index in [0.717, 1.165) is 32.2 Å². The van der Waals surface area contributed by atoms with E-state index in [2.05, 4.69) is 24.1 Å². The predicted octanol–water partition coefficient (Wildman–Crippen LogP) is 2.27. The highest BCUT2D eigenvalue weighted by atomic mass is 16.5. The molecule has 3 nitrogen and oxygen atoms in total. The Morgan fingerprint density at radius 3 is 2.71 bits per heavy atom. The summed E-state index contributed by atoms with van der Waals surface area (Å²) >= 11 is 0. The monoisotopic (exact) mass is 242 g/mol. The first-order valence-corrected chi connectivity index (χ1v) is 7.40. The van der Waals surface area contributed by atoms with Crippen molar-refractivity contribution in [1.29, 1.82) is 0 Å². The molecule has 1 fully saturated rings. The number of hydrogen-bond acceptors (Lipinski definition) is 3. The van der Waals surface area contributed by atoms with Gasteiger partial charge in [-0.2, -0.15) is 0 Å². The summed E-state index contributed by atoms with van der Waals surface area (Å²) in [5.74, 6) is 0. The van der Waals surface area contributed by atoms with Gasteiger partial charge in [0.05, 0.1) is 6.61 Å². The number of rotatable bonds is 10. The molecule has 0 bridgehead atoms. The van der Waals surface area contributed by atoms with Crippen LogP contribution in [0, 0.1) is 0 Å². The van der Waals surface area contributed by atoms with Crippen LogP contribution in [0.15, 0.2) is 0 Å². The van der Waals surface area contributed by atoms with Crippen LogP contribution < -0.4 is 5.32 Å². The lowest BCUT2D eigenvalue weighted by molar-refractivity contribution is 0.100. The van der Waals surface area contributed by atoms with Gasteiger partial charge in [0, 0.05) is 25.7 Å². The molecule has 1 aliphatic heterocycles. The predicted molar refractivity (Wildman–Crippen MR) is 73.5 cm³/mol. The minimum atomic E-state index is 0.720. The van der Waals surface area contributed by atoms with Gasteiger partial charge >= 0.3 is 0 Å². The Labute approximate surface area is 107 Å². The van der Waals surface area contributed by atoms with Gasteiger partial charge in [-0.05, 0) is 38.8 Å². The summed E-state index contributed by atoms with van der Waals surface area (Å²) in [6.07, 6.45) is 6.40. The molecule has 0 spiro atoms. The van der Waals surface area contributed by atoms with Crippen molar-refractivity contribution in [1.82, 2.24) is 10.2 Å². The van der Waals surface area contributed by atoms with E-state index in [1.54, 1.807) is 0 Å². The largest absolute Gasteiger partial charge is 0.380 e. The average Bonchev–Trinajstić information content (AvgIpc) is 2.84. The molecule has 102 valence electrons. The summed E-state index contributed by atoms with van der Waals surface area (Å²) in [6, 6.07) is 0.720. The molecule has 0 aromatic rings. The molecule has 1 saturated heterocycles. The SMILES string of the molecule is CCCCN(CCOCCC)CC1CCCN1. The lowest BCUT2D eigenvalue weighted by Gasteiger charge is -2.25. The van der Waals surface area contributed by atoms with Gasteiger partial charge in [-0.15, -0.1) is 0 Å². The second kappa shape index (κ2) is 9.86. The fourth-order valence-electron chi connectivity index (χ4n) is 2.34. The normalized spacial score (nSPS) is 20.3. The number of nitrogens with zero attached hydrogens (tertiary/aromatic N) is 1. The van der Waals surface area contributed by atoms with E-state index >= 15 is 0 Å². The van der Waals surface area contributed by atoms with E-state index in [-0.39, 0.29) is 0 Å². The third kappa shape index (κ3) is 7.02. The second-order valence-electron chi connectivity index (χ2n) is 5.06. The zero-order chi connectivity index (χ0) is 12.3. The van der Waals surface area contributed by atoms with Crippen molar-refractivity contribution >= 4 is 0 Å². The van der Waals surface area contributed by atoms with Gasteiger partial charge < -0.3 is 10.1 Å². The van der Waals surface area contributed by atoms with E-state index in [0.29, 0.717) is 0 Å². The molecule has 1 rings (SSSR count). The van der Waals surface area contributed by atoms with Gasteiger partial charge in [0.25, 0.3) is 0 Å². The standard InChI is InChI=1S/C14H30N2O/c1-3-5-9-16(10-12-17-11-4-2)13-14-7-6-8-15-14/h14-15H,3-13H2,1-2H3. The van der Waals surface area contributed by atoms with Crippen molar-refractivity contribution in [3.63, 3.8) is 0 Å². The minimum Gasteiger partial charge on any atom is -0.380 e. The van der Waals surface area contributed by atoms with Crippen molar-refractivity contribution in [2.45, 2.75) is 52.0 Å². The van der Waals surface area contributed by atoms with Crippen molar-refractivity contribution in [2.24, 2.45) is 0 Å². The molecule has 1 heterocycles. The Balaban J connectivity index is 2.16. The molecule has 1 unspecified atom stereocenters. The first kappa shape index (κ1) is 14.9. The third-order valence-corrected chi connectivity index (χ3v) is 3.37. The van der Waals surface area contributed by atoms with Gasteiger partial charge in [-0.3, -0.25) is 4.90 Å². The molecule has 0 saturated carbocycles. The molecule has 0 aromatic carbocycles. The maximum absolute atomic E-state index is 5.60. The Kier molecular flexibility index (Phi) is 8.67. The highest BCUT2D eigenvalue weighted by Gasteiger charge is 2.17. The molecule has 1 aliphatic rings. The maximum Gasteiger partial charge on any atom is 0.0593 e. The maximum atomic E-state index is 5.60. The molecule has 3 heteroatoms. The molecule has 1 atom stereocenters. The van der Waals surface area contributed by atoms with Crippen molar-refractivity contribution in [2.75, 3.05) is 39.4 Å². The summed E-state index contributed by atoms with van der Waals surface area (Å²) in [4.78, 5) is 2.57. The summed E-state index contributed by atoms with van der Waals surface area (Å²) in [7, 11) is 0. The molecule has 0 aliphatic carbocycles. The fraction of sp³-hybridized carbons (Fsp3) is 1.00. The van der Waals surface area contributed by atoms with E-state index in [1.165, 1.54) is 45.3 Å². The van der Waals surface area contributed by atoms with Crippen molar-refractivity contribution < 1.29 is 4.74 Å². The molecule has 17 heavy (non-hydrogen) atoms. The first-order chi connectivity index (χ1) is 8.36. The molecule has 0 aromatic heterocycles. The zero-order valence-electron chi connectivity index (χ0n) is 11.7. The number of ether oxygens (including phenoxy) is 1. The topological polar surface area (TPSA) is 24.5 Å². The second-order valence-corrected chi connectivity index (χ2v) is 5.06. The minimum absolute atomic E-state index is 0.720. The number of nitrogens with one attached hydrogen (secondary N) is 1. The lowest BCUT2D eigenvalue weighted by Crippen LogP contribution is -2.39. The average molecular weight is 242 g/mol. The van der Waals surface area contributed by atoms with Crippen molar-refractivity contribution in [3.8, 4) is 0 Å². The first-order valence-electron chi connectivity index (χ1n) is 7.40. The van der Waals surface area contributed by atoms with Crippen LogP contribution in [-0.2, 0) is 4.74 Å². The summed E-state index contributed by atoms with van der Waals surface area (Å²) in [5.41, 5.74) is 0. The Morgan fingerprint density at radius 2 is 2.06 bits per heavy atom. The van der Waals surface area contributed by atoms with Gasteiger partial charge in [-0.25, -0.2) is 0 Å². The van der Waals surface area contributed by atoms with E-state index in [4.69, 9.17) is 4.74 Å². The Morgan fingerprint density at radius 1 is 1.18 bits per heavy atom. The fourth-order valence-corrected chi connectivity index (χ4v) is 2.34. The van der Waals surface area contributed by atoms with Gasteiger partial charge in [0.1, 0.15) is 0 Å². The highest BCUT2D eigenvalue weighted by molar-refractivity contribution is 4.77. The van der Waals surface area contributed by atoms with Crippen LogP contribution in [0.25, 0.3) is 0 Å². The van der Waals surface area contributed by atoms with E-state index in [9.17, 15) is 0 Å². The van der Waals surface area contributed by atoms with Crippen molar-refractivity contribution in [3.05, 3.63) is 0 Å². The molecular formula is C14H30N2O. The molecule has 0 radical (unpaired) electrons. The van der Waals surface area contributed by atoms with E-state index < -0.39 is 0 Å². The summed E-state index contributed by atoms with van der Waals surface area (Å²) in [5, 5.41) is 3.58. The van der Waals surface area contributed by atoms with Crippen LogP contribution in [0.5, 0.6) is 0 Å². The van der Waals surface area contributed by atoms with Crippen LogP contribution >= 0.6 is 0 Å². The highest BCUT2D eigenvalue weighted by Crippen LogP contribution is 2.07. The zero-order valence-corrected chi connectivity index (χ0v) is 11.7. The Bertz CT molecular complexity index is 170. The van der Waals surface area contributed by atoms with Crippen LogP contribution in [-0.4, -0.2) is 50.3 Å². The van der Waals surface area contributed by atoms with Crippen LogP contribution in [0.2, 0.25) is 0 Å².